The molecule has 2 N–H and O–H groups in total. The monoisotopic (exact) mass is 321 g/mol. The normalized spacial score (nSPS) is 12.6. The van der Waals surface area contributed by atoms with Crippen molar-refractivity contribution < 1.29 is 4.79 Å². The van der Waals surface area contributed by atoms with Gasteiger partial charge in [-0.15, -0.1) is 11.8 Å². The molecule has 5 heteroatoms. The number of amides is 1. The van der Waals surface area contributed by atoms with Gasteiger partial charge in [0, 0.05) is 11.3 Å². The topological polar surface area (TPSA) is 60.9 Å². The van der Waals surface area contributed by atoms with Gasteiger partial charge in [0.1, 0.15) is 0 Å². The number of primary amides is 1. The fourth-order valence-electron chi connectivity index (χ4n) is 2.84. The van der Waals surface area contributed by atoms with Crippen molar-refractivity contribution in [2.45, 2.75) is 17.6 Å². The number of rotatable bonds is 2. The Balaban J connectivity index is 2.01. The van der Waals surface area contributed by atoms with Crippen molar-refractivity contribution in [2.24, 2.45) is 5.73 Å². The first-order valence-corrected chi connectivity index (χ1v) is 8.34. The predicted molar refractivity (Wildman–Crippen MR) is 91.8 cm³/mol. The second-order valence-electron chi connectivity index (χ2n) is 5.58. The molecule has 0 saturated heterocycles. The molecule has 0 aliphatic carbocycles. The molecule has 23 heavy (non-hydrogen) atoms. The zero-order valence-corrected chi connectivity index (χ0v) is 13.4. The average Bonchev–Trinajstić information content (AvgIpc) is 2.96. The number of fused-ring (bicyclic) bond motifs is 3. The summed E-state index contributed by atoms with van der Waals surface area (Å²) in [5.74, 6) is 0.335. The summed E-state index contributed by atoms with van der Waals surface area (Å²) < 4.78 is 1.83. The van der Waals surface area contributed by atoms with Crippen LogP contribution in [0.2, 0.25) is 0 Å². The highest BCUT2D eigenvalue weighted by Crippen LogP contribution is 2.44. The molecule has 1 aliphatic heterocycles. The van der Waals surface area contributed by atoms with Crippen molar-refractivity contribution in [1.29, 1.82) is 0 Å². The quantitative estimate of drug-likeness (QED) is 0.785. The van der Waals surface area contributed by atoms with Gasteiger partial charge in [-0.25, -0.2) is 4.68 Å². The Labute approximate surface area is 138 Å². The summed E-state index contributed by atoms with van der Waals surface area (Å²) in [6, 6.07) is 16.3. The van der Waals surface area contributed by atoms with Crippen LogP contribution in [0, 0.1) is 6.92 Å². The average molecular weight is 321 g/mol. The van der Waals surface area contributed by atoms with Gasteiger partial charge in [0.25, 0.3) is 5.91 Å². The lowest BCUT2D eigenvalue weighted by atomic mass is 10.0. The largest absolute Gasteiger partial charge is 0.364 e. The van der Waals surface area contributed by atoms with Crippen molar-refractivity contribution in [2.75, 3.05) is 0 Å². The Hall–Kier alpha value is -2.53. The van der Waals surface area contributed by atoms with Gasteiger partial charge in [-0.1, -0.05) is 42.0 Å². The van der Waals surface area contributed by atoms with Crippen molar-refractivity contribution in [3.05, 3.63) is 65.4 Å². The SMILES string of the molecule is Cc1ccc(-n2nc(C(N)=O)c3c2-c2ccccc2CS3)cc1. The van der Waals surface area contributed by atoms with E-state index in [0.717, 1.165) is 27.6 Å². The minimum atomic E-state index is -0.487. The summed E-state index contributed by atoms with van der Waals surface area (Å²) in [6.45, 7) is 2.04. The fraction of sp³-hybridized carbons (Fsp3) is 0.111. The third-order valence-electron chi connectivity index (χ3n) is 4.00. The Morgan fingerprint density at radius 1 is 1.17 bits per heavy atom. The molecule has 0 fully saturated rings. The summed E-state index contributed by atoms with van der Waals surface area (Å²) >= 11 is 1.62. The van der Waals surface area contributed by atoms with Crippen molar-refractivity contribution in [1.82, 2.24) is 9.78 Å². The number of aromatic nitrogens is 2. The summed E-state index contributed by atoms with van der Waals surface area (Å²) in [5.41, 5.74) is 11.3. The maximum atomic E-state index is 11.8. The number of aryl methyl sites for hydroxylation is 1. The molecule has 0 saturated carbocycles. The summed E-state index contributed by atoms with van der Waals surface area (Å²) in [5, 5.41) is 4.51. The van der Waals surface area contributed by atoms with E-state index in [2.05, 4.69) is 17.2 Å². The van der Waals surface area contributed by atoms with Gasteiger partial charge in [0.2, 0.25) is 0 Å². The predicted octanol–water partition coefficient (Wildman–Crippen LogP) is 3.55. The zero-order valence-electron chi connectivity index (χ0n) is 12.6. The Bertz CT molecular complexity index is 913. The summed E-state index contributed by atoms with van der Waals surface area (Å²) in [6.07, 6.45) is 0. The van der Waals surface area contributed by atoms with E-state index in [1.54, 1.807) is 11.8 Å². The first-order valence-electron chi connectivity index (χ1n) is 7.36. The van der Waals surface area contributed by atoms with Gasteiger partial charge in [-0.2, -0.15) is 5.10 Å². The standard InChI is InChI=1S/C18H15N3OS/c1-11-6-8-13(9-7-11)21-16-14-5-3-2-4-12(14)10-23-17(16)15(20-21)18(19)22/h2-9H,10H2,1H3,(H2,19,22). The molecule has 1 aromatic heterocycles. The second kappa shape index (κ2) is 5.28. The van der Waals surface area contributed by atoms with Gasteiger partial charge in [-0.05, 0) is 24.6 Å². The lowest BCUT2D eigenvalue weighted by molar-refractivity contribution is 0.0992. The van der Waals surface area contributed by atoms with Gasteiger partial charge in [0.05, 0.1) is 16.3 Å². The van der Waals surface area contributed by atoms with Gasteiger partial charge in [-0.3, -0.25) is 4.79 Å². The highest BCUT2D eigenvalue weighted by Gasteiger charge is 2.28. The molecule has 2 aromatic carbocycles. The first-order chi connectivity index (χ1) is 11.1. The maximum Gasteiger partial charge on any atom is 0.270 e. The van der Waals surface area contributed by atoms with Crippen LogP contribution in [-0.4, -0.2) is 15.7 Å². The van der Waals surface area contributed by atoms with Crippen LogP contribution in [0.15, 0.2) is 53.4 Å². The Morgan fingerprint density at radius 2 is 1.91 bits per heavy atom. The Kier molecular flexibility index (Phi) is 3.23. The van der Waals surface area contributed by atoms with E-state index < -0.39 is 5.91 Å². The lowest BCUT2D eigenvalue weighted by Gasteiger charge is -2.18. The van der Waals surface area contributed by atoms with Crippen LogP contribution in [-0.2, 0) is 5.75 Å². The van der Waals surface area contributed by atoms with Gasteiger partial charge >= 0.3 is 0 Å². The fourth-order valence-corrected chi connectivity index (χ4v) is 4.00. The van der Waals surface area contributed by atoms with Crippen LogP contribution in [0.4, 0.5) is 0 Å². The number of nitrogens with two attached hydrogens (primary N) is 1. The minimum absolute atomic E-state index is 0.347. The van der Waals surface area contributed by atoms with E-state index in [1.807, 2.05) is 48.0 Å². The van der Waals surface area contributed by atoms with E-state index in [1.165, 1.54) is 11.1 Å². The molecule has 0 radical (unpaired) electrons. The van der Waals surface area contributed by atoms with Crippen LogP contribution in [0.3, 0.4) is 0 Å². The number of benzene rings is 2. The molecule has 3 aromatic rings. The number of hydrogen-bond donors (Lipinski definition) is 1. The van der Waals surface area contributed by atoms with Crippen LogP contribution in [0.1, 0.15) is 21.6 Å². The molecule has 0 bridgehead atoms. The molecular weight excluding hydrogens is 306 g/mol. The molecule has 114 valence electrons. The van der Waals surface area contributed by atoms with E-state index in [0.29, 0.717) is 5.69 Å². The zero-order chi connectivity index (χ0) is 16.0. The number of thioether (sulfide) groups is 1. The van der Waals surface area contributed by atoms with E-state index in [9.17, 15) is 4.79 Å². The van der Waals surface area contributed by atoms with Crippen molar-refractivity contribution in [3.8, 4) is 16.9 Å². The second-order valence-corrected chi connectivity index (χ2v) is 6.57. The van der Waals surface area contributed by atoms with Crippen LogP contribution in [0.25, 0.3) is 16.9 Å². The molecule has 0 unspecified atom stereocenters. The summed E-state index contributed by atoms with van der Waals surface area (Å²) in [4.78, 5) is 12.7. The van der Waals surface area contributed by atoms with Crippen molar-refractivity contribution in [3.63, 3.8) is 0 Å². The van der Waals surface area contributed by atoms with Crippen LogP contribution < -0.4 is 5.73 Å². The number of carbonyl (C=O) groups is 1. The molecule has 4 nitrogen and oxygen atoms in total. The van der Waals surface area contributed by atoms with Crippen LogP contribution >= 0.6 is 11.8 Å². The van der Waals surface area contributed by atoms with E-state index in [-0.39, 0.29) is 0 Å². The maximum absolute atomic E-state index is 11.8. The molecule has 0 spiro atoms. The molecule has 1 aliphatic rings. The Morgan fingerprint density at radius 3 is 2.65 bits per heavy atom. The van der Waals surface area contributed by atoms with Crippen molar-refractivity contribution >= 4 is 17.7 Å². The van der Waals surface area contributed by atoms with Gasteiger partial charge in [0.15, 0.2) is 5.69 Å². The molecular formula is C18H15N3OS. The highest BCUT2D eigenvalue weighted by molar-refractivity contribution is 7.98. The summed E-state index contributed by atoms with van der Waals surface area (Å²) in [7, 11) is 0. The molecule has 0 atom stereocenters. The number of carbonyl (C=O) groups excluding carboxylic acids is 1. The third kappa shape index (κ3) is 2.24. The van der Waals surface area contributed by atoms with Crippen LogP contribution in [0.5, 0.6) is 0 Å². The lowest BCUT2D eigenvalue weighted by Crippen LogP contribution is -2.13. The molecule has 2 heterocycles. The van der Waals surface area contributed by atoms with Gasteiger partial charge < -0.3 is 5.73 Å². The number of hydrogen-bond acceptors (Lipinski definition) is 3. The number of nitrogens with zero attached hydrogens (tertiary/aromatic N) is 2. The first kappa shape index (κ1) is 14.1. The highest BCUT2D eigenvalue weighted by atomic mass is 32.2. The smallest absolute Gasteiger partial charge is 0.270 e. The third-order valence-corrected chi connectivity index (χ3v) is 5.13. The molecule has 4 rings (SSSR count). The van der Waals surface area contributed by atoms with E-state index in [4.69, 9.17) is 5.73 Å². The molecule has 1 amide bonds. The van der Waals surface area contributed by atoms with E-state index >= 15 is 0 Å². The minimum Gasteiger partial charge on any atom is -0.364 e.